The molecule has 0 amide bonds. The fourth-order valence-corrected chi connectivity index (χ4v) is 1.81. The van der Waals surface area contributed by atoms with E-state index in [0.717, 1.165) is 11.1 Å². The molecule has 0 heterocycles. The van der Waals surface area contributed by atoms with Gasteiger partial charge in [-0.05, 0) is 36.3 Å². The van der Waals surface area contributed by atoms with Gasteiger partial charge in [-0.1, -0.05) is 42.5 Å². The van der Waals surface area contributed by atoms with Crippen LogP contribution < -0.4 is 4.74 Å². The number of carbonyl (C=O) groups excluding carboxylic acids is 1. The predicted molar refractivity (Wildman–Crippen MR) is 77.5 cm³/mol. The largest absolute Gasteiger partial charge is 0.497 e. The smallest absolute Gasteiger partial charge is 0.185 e. The molecular weight excluding hydrogens is 236 g/mol. The fraction of sp³-hybridized carbons (Fsp3) is 0.118. The second-order valence-electron chi connectivity index (χ2n) is 4.29. The maximum Gasteiger partial charge on any atom is 0.185 e. The molecule has 0 N–H and O–H groups in total. The summed E-state index contributed by atoms with van der Waals surface area (Å²) in [5.41, 5.74) is 2.83. The lowest BCUT2D eigenvalue weighted by Gasteiger charge is -2.01. The molecule has 0 fully saturated rings. The molecule has 2 heteroatoms. The molecule has 0 aliphatic rings. The van der Waals surface area contributed by atoms with Crippen LogP contribution in [-0.4, -0.2) is 12.9 Å². The highest BCUT2D eigenvalue weighted by atomic mass is 16.5. The molecule has 2 rings (SSSR count). The SMILES string of the molecule is COc1cccc(C(=O)C=Cc2ccccc2C)c1. The first-order valence-electron chi connectivity index (χ1n) is 6.13. The lowest BCUT2D eigenvalue weighted by atomic mass is 10.1. The van der Waals surface area contributed by atoms with E-state index < -0.39 is 0 Å². The maximum atomic E-state index is 12.1. The average molecular weight is 252 g/mol. The lowest BCUT2D eigenvalue weighted by molar-refractivity contribution is 0.104. The van der Waals surface area contributed by atoms with Gasteiger partial charge in [0.1, 0.15) is 5.75 Å². The summed E-state index contributed by atoms with van der Waals surface area (Å²) in [7, 11) is 1.59. The van der Waals surface area contributed by atoms with Gasteiger partial charge in [-0.25, -0.2) is 0 Å². The van der Waals surface area contributed by atoms with E-state index in [1.165, 1.54) is 0 Å². The number of methoxy groups -OCH3 is 1. The summed E-state index contributed by atoms with van der Waals surface area (Å²) < 4.78 is 5.11. The third-order valence-electron chi connectivity index (χ3n) is 2.96. The number of benzene rings is 2. The standard InChI is InChI=1S/C17H16O2/c1-13-6-3-4-7-14(13)10-11-17(18)15-8-5-9-16(12-15)19-2/h3-12H,1-2H3. The topological polar surface area (TPSA) is 26.3 Å². The van der Waals surface area contributed by atoms with E-state index in [9.17, 15) is 4.79 Å². The van der Waals surface area contributed by atoms with Crippen molar-refractivity contribution in [2.24, 2.45) is 0 Å². The van der Waals surface area contributed by atoms with Crippen molar-refractivity contribution in [3.05, 3.63) is 71.3 Å². The molecule has 19 heavy (non-hydrogen) atoms. The van der Waals surface area contributed by atoms with E-state index in [0.29, 0.717) is 11.3 Å². The number of aryl methyl sites for hydroxylation is 1. The Hall–Kier alpha value is -2.35. The van der Waals surface area contributed by atoms with Gasteiger partial charge >= 0.3 is 0 Å². The van der Waals surface area contributed by atoms with E-state index in [2.05, 4.69) is 0 Å². The van der Waals surface area contributed by atoms with Gasteiger partial charge in [0.15, 0.2) is 5.78 Å². The number of carbonyl (C=O) groups is 1. The van der Waals surface area contributed by atoms with E-state index in [-0.39, 0.29) is 5.78 Å². The van der Waals surface area contributed by atoms with Crippen molar-refractivity contribution in [3.63, 3.8) is 0 Å². The number of hydrogen-bond donors (Lipinski definition) is 0. The summed E-state index contributed by atoms with van der Waals surface area (Å²) in [4.78, 5) is 12.1. The van der Waals surface area contributed by atoms with Crippen molar-refractivity contribution in [1.29, 1.82) is 0 Å². The summed E-state index contributed by atoms with van der Waals surface area (Å²) in [6.45, 7) is 2.02. The summed E-state index contributed by atoms with van der Waals surface area (Å²) in [6.07, 6.45) is 3.44. The zero-order valence-corrected chi connectivity index (χ0v) is 11.1. The van der Waals surface area contributed by atoms with Gasteiger partial charge in [0.2, 0.25) is 0 Å². The first kappa shape index (κ1) is 13.1. The van der Waals surface area contributed by atoms with Crippen LogP contribution in [0.3, 0.4) is 0 Å². The second kappa shape index (κ2) is 6.01. The molecule has 0 saturated carbocycles. The van der Waals surface area contributed by atoms with E-state index in [1.54, 1.807) is 25.3 Å². The van der Waals surface area contributed by atoms with Crippen LogP contribution in [-0.2, 0) is 0 Å². The van der Waals surface area contributed by atoms with Gasteiger partial charge in [0.05, 0.1) is 7.11 Å². The fourth-order valence-electron chi connectivity index (χ4n) is 1.81. The quantitative estimate of drug-likeness (QED) is 0.609. The van der Waals surface area contributed by atoms with Crippen LogP contribution in [0.4, 0.5) is 0 Å². The van der Waals surface area contributed by atoms with Gasteiger partial charge in [-0.3, -0.25) is 4.79 Å². The van der Waals surface area contributed by atoms with Gasteiger partial charge in [0.25, 0.3) is 0 Å². The Morgan fingerprint density at radius 1 is 1.11 bits per heavy atom. The minimum Gasteiger partial charge on any atom is -0.497 e. The zero-order chi connectivity index (χ0) is 13.7. The lowest BCUT2D eigenvalue weighted by Crippen LogP contribution is -1.95. The van der Waals surface area contributed by atoms with Crippen molar-refractivity contribution in [2.75, 3.05) is 7.11 Å². The Kier molecular flexibility index (Phi) is 4.14. The van der Waals surface area contributed by atoms with Crippen LogP contribution in [0.5, 0.6) is 5.75 Å². The Morgan fingerprint density at radius 3 is 2.63 bits per heavy atom. The third kappa shape index (κ3) is 3.32. The van der Waals surface area contributed by atoms with Crippen molar-refractivity contribution < 1.29 is 9.53 Å². The number of ketones is 1. The molecule has 0 radical (unpaired) electrons. The molecule has 0 unspecified atom stereocenters. The van der Waals surface area contributed by atoms with Crippen molar-refractivity contribution >= 4 is 11.9 Å². The number of rotatable bonds is 4. The highest BCUT2D eigenvalue weighted by molar-refractivity contribution is 6.07. The highest BCUT2D eigenvalue weighted by Crippen LogP contribution is 2.14. The van der Waals surface area contributed by atoms with Crippen LogP contribution in [0.2, 0.25) is 0 Å². The molecule has 0 bridgehead atoms. The average Bonchev–Trinajstić information content (AvgIpc) is 2.46. The first-order valence-corrected chi connectivity index (χ1v) is 6.13. The zero-order valence-electron chi connectivity index (χ0n) is 11.1. The number of allylic oxidation sites excluding steroid dienone is 1. The molecule has 0 aromatic heterocycles. The van der Waals surface area contributed by atoms with Crippen molar-refractivity contribution in [3.8, 4) is 5.75 Å². The van der Waals surface area contributed by atoms with Crippen molar-refractivity contribution in [2.45, 2.75) is 6.92 Å². The van der Waals surface area contributed by atoms with Gasteiger partial charge in [0, 0.05) is 5.56 Å². The number of hydrogen-bond acceptors (Lipinski definition) is 2. The molecule has 2 aromatic rings. The minimum atomic E-state index is -0.0258. The Bertz CT molecular complexity index is 612. The van der Waals surface area contributed by atoms with Crippen LogP contribution in [0.25, 0.3) is 6.08 Å². The van der Waals surface area contributed by atoms with Crippen LogP contribution in [0.15, 0.2) is 54.6 Å². The summed E-state index contributed by atoms with van der Waals surface area (Å²) in [5, 5.41) is 0. The summed E-state index contributed by atoms with van der Waals surface area (Å²) >= 11 is 0. The predicted octanol–water partition coefficient (Wildman–Crippen LogP) is 3.90. The Balaban J connectivity index is 2.19. The second-order valence-corrected chi connectivity index (χ2v) is 4.29. The minimum absolute atomic E-state index is 0.0258. The maximum absolute atomic E-state index is 12.1. The third-order valence-corrected chi connectivity index (χ3v) is 2.96. The van der Waals surface area contributed by atoms with Gasteiger partial charge < -0.3 is 4.74 Å². The van der Waals surface area contributed by atoms with E-state index in [4.69, 9.17) is 4.74 Å². The molecule has 2 nitrogen and oxygen atoms in total. The normalized spacial score (nSPS) is 10.6. The molecule has 0 aliphatic carbocycles. The number of ether oxygens (including phenoxy) is 1. The van der Waals surface area contributed by atoms with Crippen molar-refractivity contribution in [1.82, 2.24) is 0 Å². The van der Waals surface area contributed by atoms with Crippen LogP contribution in [0.1, 0.15) is 21.5 Å². The first-order chi connectivity index (χ1) is 9.20. The van der Waals surface area contributed by atoms with E-state index >= 15 is 0 Å². The van der Waals surface area contributed by atoms with Crippen LogP contribution in [0, 0.1) is 6.92 Å². The molecule has 0 saturated heterocycles. The Morgan fingerprint density at radius 2 is 1.89 bits per heavy atom. The molecule has 0 aliphatic heterocycles. The highest BCUT2D eigenvalue weighted by Gasteiger charge is 2.03. The molecule has 96 valence electrons. The van der Waals surface area contributed by atoms with Gasteiger partial charge in [-0.15, -0.1) is 0 Å². The Labute approximate surface area is 113 Å². The van der Waals surface area contributed by atoms with Gasteiger partial charge in [-0.2, -0.15) is 0 Å². The monoisotopic (exact) mass is 252 g/mol. The molecule has 0 spiro atoms. The van der Waals surface area contributed by atoms with E-state index in [1.807, 2.05) is 49.4 Å². The summed E-state index contributed by atoms with van der Waals surface area (Å²) in [6, 6.07) is 15.1. The summed E-state index contributed by atoms with van der Waals surface area (Å²) in [5.74, 6) is 0.664. The molecule has 0 atom stereocenters. The van der Waals surface area contributed by atoms with Crippen LogP contribution >= 0.6 is 0 Å². The molecular formula is C17H16O2. The molecule has 2 aromatic carbocycles.